The highest BCUT2D eigenvalue weighted by molar-refractivity contribution is 6.08. The first-order valence-corrected chi connectivity index (χ1v) is 12.2. The van der Waals surface area contributed by atoms with Crippen molar-refractivity contribution in [1.82, 2.24) is 5.32 Å². The molecule has 4 aromatic rings. The number of fused-ring (bicyclic) bond motifs is 1. The summed E-state index contributed by atoms with van der Waals surface area (Å²) in [5, 5.41) is 8.15. The summed E-state index contributed by atoms with van der Waals surface area (Å²) in [6.45, 7) is 2.43. The SMILES string of the molecule is O=C(Nc1ccc(N2CCCC2)c(C(=O)NCCc2ccccc2)c1)c1ccc2ccccc2c1. The van der Waals surface area contributed by atoms with Crippen LogP contribution in [0.3, 0.4) is 0 Å². The van der Waals surface area contributed by atoms with Gasteiger partial charge < -0.3 is 15.5 Å². The summed E-state index contributed by atoms with van der Waals surface area (Å²) in [5.41, 5.74) is 3.89. The number of anilines is 2. The maximum atomic E-state index is 13.2. The average molecular weight is 464 g/mol. The van der Waals surface area contributed by atoms with Gasteiger partial charge in [0.05, 0.1) is 5.56 Å². The molecule has 0 atom stereocenters. The third-order valence-corrected chi connectivity index (χ3v) is 6.50. The van der Waals surface area contributed by atoms with Crippen LogP contribution in [0.2, 0.25) is 0 Å². The zero-order chi connectivity index (χ0) is 24.0. The number of amides is 2. The lowest BCUT2D eigenvalue weighted by molar-refractivity contribution is 0.0953. The summed E-state index contributed by atoms with van der Waals surface area (Å²) >= 11 is 0. The summed E-state index contributed by atoms with van der Waals surface area (Å²) in [6, 6.07) is 29.4. The van der Waals surface area contributed by atoms with Crippen LogP contribution < -0.4 is 15.5 Å². The van der Waals surface area contributed by atoms with Gasteiger partial charge in [0.25, 0.3) is 11.8 Å². The van der Waals surface area contributed by atoms with Gasteiger partial charge >= 0.3 is 0 Å². The summed E-state index contributed by atoms with van der Waals surface area (Å²) < 4.78 is 0. The lowest BCUT2D eigenvalue weighted by Gasteiger charge is -2.22. The first-order valence-electron chi connectivity index (χ1n) is 12.2. The fourth-order valence-electron chi connectivity index (χ4n) is 4.62. The van der Waals surface area contributed by atoms with Gasteiger partial charge in [0.1, 0.15) is 0 Å². The number of hydrogen-bond acceptors (Lipinski definition) is 3. The zero-order valence-electron chi connectivity index (χ0n) is 19.7. The molecule has 35 heavy (non-hydrogen) atoms. The molecule has 1 aliphatic heterocycles. The van der Waals surface area contributed by atoms with Crippen LogP contribution in [0.1, 0.15) is 39.1 Å². The minimum absolute atomic E-state index is 0.121. The predicted octanol–water partition coefficient (Wildman–Crippen LogP) is 5.66. The molecule has 0 aliphatic carbocycles. The molecular formula is C30H29N3O2. The fourth-order valence-corrected chi connectivity index (χ4v) is 4.62. The van der Waals surface area contributed by atoms with Gasteiger partial charge in [0.15, 0.2) is 0 Å². The molecule has 2 N–H and O–H groups in total. The highest BCUT2D eigenvalue weighted by Gasteiger charge is 2.20. The van der Waals surface area contributed by atoms with E-state index < -0.39 is 0 Å². The Hall–Kier alpha value is -4.12. The summed E-state index contributed by atoms with van der Waals surface area (Å²) in [7, 11) is 0. The van der Waals surface area contributed by atoms with E-state index >= 15 is 0 Å². The first-order chi connectivity index (χ1) is 17.2. The van der Waals surface area contributed by atoms with Crippen LogP contribution >= 0.6 is 0 Å². The van der Waals surface area contributed by atoms with Crippen LogP contribution in [-0.4, -0.2) is 31.4 Å². The standard InChI is InChI=1S/C30H29N3O2/c34-29(25-13-12-23-10-4-5-11-24(23)20-25)32-26-14-15-28(33-18-6-7-19-33)27(21-26)30(35)31-17-16-22-8-2-1-3-9-22/h1-5,8-15,20-21H,6-7,16-19H2,(H,31,35)(H,32,34). The minimum atomic E-state index is -0.194. The predicted molar refractivity (Wildman–Crippen MR) is 142 cm³/mol. The normalized spacial score (nSPS) is 13.1. The smallest absolute Gasteiger partial charge is 0.255 e. The third kappa shape index (κ3) is 5.35. The van der Waals surface area contributed by atoms with Gasteiger partial charge in [0.2, 0.25) is 0 Å². The van der Waals surface area contributed by atoms with E-state index in [0.717, 1.165) is 48.8 Å². The van der Waals surface area contributed by atoms with E-state index in [0.29, 0.717) is 23.4 Å². The molecule has 1 heterocycles. The van der Waals surface area contributed by atoms with Crippen molar-refractivity contribution < 1.29 is 9.59 Å². The van der Waals surface area contributed by atoms with Crippen molar-refractivity contribution in [3.8, 4) is 0 Å². The van der Waals surface area contributed by atoms with Crippen LogP contribution in [0.15, 0.2) is 91.0 Å². The molecule has 0 saturated carbocycles. The van der Waals surface area contributed by atoms with Crippen molar-refractivity contribution in [1.29, 1.82) is 0 Å². The van der Waals surface area contributed by atoms with E-state index in [-0.39, 0.29) is 11.8 Å². The number of carbonyl (C=O) groups excluding carboxylic acids is 2. The first kappa shape index (κ1) is 22.7. The maximum Gasteiger partial charge on any atom is 0.255 e. The quantitative estimate of drug-likeness (QED) is 0.372. The second-order valence-electron chi connectivity index (χ2n) is 8.93. The molecule has 4 aromatic carbocycles. The molecule has 0 unspecified atom stereocenters. The number of nitrogens with one attached hydrogen (secondary N) is 2. The Bertz CT molecular complexity index is 1340. The lowest BCUT2D eigenvalue weighted by atomic mass is 10.1. The van der Waals surface area contributed by atoms with Gasteiger partial charge in [-0.2, -0.15) is 0 Å². The van der Waals surface area contributed by atoms with Gasteiger partial charge in [-0.25, -0.2) is 0 Å². The topological polar surface area (TPSA) is 61.4 Å². The molecule has 0 bridgehead atoms. The van der Waals surface area contributed by atoms with Crippen molar-refractivity contribution in [2.75, 3.05) is 29.9 Å². The summed E-state index contributed by atoms with van der Waals surface area (Å²) in [6.07, 6.45) is 3.01. The van der Waals surface area contributed by atoms with E-state index in [1.54, 1.807) is 6.07 Å². The third-order valence-electron chi connectivity index (χ3n) is 6.50. The van der Waals surface area contributed by atoms with Crippen LogP contribution in [0.5, 0.6) is 0 Å². The van der Waals surface area contributed by atoms with Crippen molar-refractivity contribution in [3.05, 3.63) is 108 Å². The van der Waals surface area contributed by atoms with E-state index in [4.69, 9.17) is 0 Å². The molecule has 0 radical (unpaired) electrons. The Morgan fingerprint density at radius 2 is 1.49 bits per heavy atom. The Morgan fingerprint density at radius 3 is 2.29 bits per heavy atom. The largest absolute Gasteiger partial charge is 0.371 e. The van der Waals surface area contributed by atoms with Crippen LogP contribution in [0, 0.1) is 0 Å². The van der Waals surface area contributed by atoms with Crippen LogP contribution in [0.4, 0.5) is 11.4 Å². The van der Waals surface area contributed by atoms with Crippen molar-refractivity contribution in [2.24, 2.45) is 0 Å². The monoisotopic (exact) mass is 463 g/mol. The average Bonchev–Trinajstić information content (AvgIpc) is 3.44. The van der Waals surface area contributed by atoms with E-state index in [2.05, 4.69) is 27.7 Å². The molecular weight excluding hydrogens is 434 g/mol. The van der Waals surface area contributed by atoms with Gasteiger partial charge in [-0.05, 0) is 65.9 Å². The highest BCUT2D eigenvalue weighted by atomic mass is 16.2. The number of rotatable bonds is 7. The highest BCUT2D eigenvalue weighted by Crippen LogP contribution is 2.28. The molecule has 0 spiro atoms. The molecule has 0 aromatic heterocycles. The minimum Gasteiger partial charge on any atom is -0.371 e. The molecule has 1 fully saturated rings. The molecule has 1 saturated heterocycles. The Morgan fingerprint density at radius 1 is 0.743 bits per heavy atom. The van der Waals surface area contributed by atoms with Gasteiger partial charge in [-0.15, -0.1) is 0 Å². The molecule has 5 nitrogen and oxygen atoms in total. The number of benzene rings is 4. The van der Waals surface area contributed by atoms with Crippen LogP contribution in [-0.2, 0) is 6.42 Å². The molecule has 176 valence electrons. The van der Waals surface area contributed by atoms with Crippen LogP contribution in [0.25, 0.3) is 10.8 Å². The summed E-state index contributed by atoms with van der Waals surface area (Å²) in [5.74, 6) is -0.315. The zero-order valence-corrected chi connectivity index (χ0v) is 19.7. The second-order valence-corrected chi connectivity index (χ2v) is 8.93. The fraction of sp³-hybridized carbons (Fsp3) is 0.200. The number of nitrogens with zero attached hydrogens (tertiary/aromatic N) is 1. The Balaban J connectivity index is 1.34. The second kappa shape index (κ2) is 10.4. The van der Waals surface area contributed by atoms with Gasteiger partial charge in [-0.1, -0.05) is 60.7 Å². The summed E-state index contributed by atoms with van der Waals surface area (Å²) in [4.78, 5) is 28.5. The molecule has 1 aliphatic rings. The van der Waals surface area contributed by atoms with E-state index in [9.17, 15) is 9.59 Å². The van der Waals surface area contributed by atoms with E-state index in [1.807, 2.05) is 72.8 Å². The van der Waals surface area contributed by atoms with Crippen molar-refractivity contribution in [2.45, 2.75) is 19.3 Å². The molecule has 2 amide bonds. The van der Waals surface area contributed by atoms with E-state index in [1.165, 1.54) is 5.56 Å². The molecule has 5 rings (SSSR count). The Labute approximate surface area is 205 Å². The number of hydrogen-bond donors (Lipinski definition) is 2. The molecule has 5 heteroatoms. The van der Waals surface area contributed by atoms with Gasteiger partial charge in [0, 0.05) is 36.6 Å². The maximum absolute atomic E-state index is 13.2. The van der Waals surface area contributed by atoms with Gasteiger partial charge in [-0.3, -0.25) is 9.59 Å². The Kier molecular flexibility index (Phi) is 6.75. The van der Waals surface area contributed by atoms with Crippen molar-refractivity contribution in [3.63, 3.8) is 0 Å². The lowest BCUT2D eigenvalue weighted by Crippen LogP contribution is -2.29. The van der Waals surface area contributed by atoms with Crippen molar-refractivity contribution >= 4 is 34.0 Å². The number of carbonyl (C=O) groups is 2.